The minimum absolute atomic E-state index is 0.167. The molecule has 0 unspecified atom stereocenters. The lowest BCUT2D eigenvalue weighted by Gasteiger charge is -2.06. The van der Waals surface area contributed by atoms with Crippen molar-refractivity contribution >= 4 is 35.0 Å². The Kier molecular flexibility index (Phi) is 6.11. The highest BCUT2D eigenvalue weighted by Gasteiger charge is 2.12. The van der Waals surface area contributed by atoms with Gasteiger partial charge in [0.2, 0.25) is 11.7 Å². The van der Waals surface area contributed by atoms with Crippen LogP contribution in [0.15, 0.2) is 76.4 Å². The van der Waals surface area contributed by atoms with Gasteiger partial charge in [-0.2, -0.15) is 4.98 Å². The zero-order valence-electron chi connectivity index (χ0n) is 16.0. The second kappa shape index (κ2) is 9.11. The molecule has 0 fully saturated rings. The maximum Gasteiger partial charge on any atom is 0.258 e. The van der Waals surface area contributed by atoms with E-state index in [9.17, 15) is 4.79 Å². The van der Waals surface area contributed by atoms with E-state index in [4.69, 9.17) is 16.1 Å². The fourth-order valence-corrected chi connectivity index (χ4v) is 3.55. The Morgan fingerprint density at radius 3 is 2.70 bits per heavy atom. The molecule has 0 aliphatic heterocycles. The van der Waals surface area contributed by atoms with Crippen LogP contribution in [0, 0.1) is 6.92 Å². The Labute approximate surface area is 182 Å². The van der Waals surface area contributed by atoms with E-state index in [0.717, 1.165) is 16.7 Å². The quantitative estimate of drug-likeness (QED) is 0.402. The van der Waals surface area contributed by atoms with Crippen LogP contribution < -0.4 is 5.32 Å². The van der Waals surface area contributed by atoms with Gasteiger partial charge in [-0.05, 0) is 31.2 Å². The van der Waals surface area contributed by atoms with Crippen LogP contribution in [0.4, 0.5) is 5.69 Å². The van der Waals surface area contributed by atoms with Crippen LogP contribution in [0.2, 0.25) is 5.02 Å². The summed E-state index contributed by atoms with van der Waals surface area (Å²) in [6, 6.07) is 18.6. The Morgan fingerprint density at radius 1 is 1.10 bits per heavy atom. The molecule has 4 rings (SSSR count). The number of halogens is 1. The number of amides is 1. The maximum absolute atomic E-state index is 12.2. The summed E-state index contributed by atoms with van der Waals surface area (Å²) in [5.41, 5.74) is 3.37. The van der Waals surface area contributed by atoms with Crippen LogP contribution in [-0.2, 0) is 4.79 Å². The molecule has 0 aliphatic rings. The molecule has 1 N–H and O–H groups in total. The third kappa shape index (κ3) is 4.87. The van der Waals surface area contributed by atoms with Gasteiger partial charge in [0.25, 0.3) is 5.89 Å². The summed E-state index contributed by atoms with van der Waals surface area (Å²) in [5, 5.41) is 8.03. The summed E-state index contributed by atoms with van der Waals surface area (Å²) in [7, 11) is 0. The molecule has 8 heteroatoms. The van der Waals surface area contributed by atoms with Crippen LogP contribution in [0.5, 0.6) is 0 Å². The number of carbonyl (C=O) groups excluding carboxylic acids is 1. The van der Waals surface area contributed by atoms with Gasteiger partial charge in [-0.15, -0.1) is 0 Å². The van der Waals surface area contributed by atoms with Crippen molar-refractivity contribution in [2.75, 3.05) is 11.1 Å². The highest BCUT2D eigenvalue weighted by Crippen LogP contribution is 2.26. The van der Waals surface area contributed by atoms with Crippen molar-refractivity contribution in [3.63, 3.8) is 0 Å². The first-order valence-corrected chi connectivity index (χ1v) is 10.5. The van der Waals surface area contributed by atoms with Crippen molar-refractivity contribution in [1.82, 2.24) is 15.1 Å². The van der Waals surface area contributed by atoms with Crippen LogP contribution in [-0.4, -0.2) is 26.8 Å². The van der Waals surface area contributed by atoms with Crippen molar-refractivity contribution in [3.05, 3.63) is 77.4 Å². The molecule has 0 bridgehead atoms. The number of rotatable bonds is 6. The van der Waals surface area contributed by atoms with Crippen molar-refractivity contribution in [3.8, 4) is 22.8 Å². The molecule has 0 atom stereocenters. The summed E-state index contributed by atoms with van der Waals surface area (Å²) in [5.74, 6) is 0.949. The standard InChI is InChI=1S/C22H17ClN4O2S/c1-14-6-8-15(9-7-14)21-26-22(29-27-21)16-10-11-24-20(12-16)30-13-19(28)25-18-5-3-2-4-17(18)23/h2-12H,13H2,1H3,(H,25,28). The third-order valence-corrected chi connectivity index (χ3v) is 5.47. The van der Waals surface area contributed by atoms with Gasteiger partial charge in [0.1, 0.15) is 0 Å². The van der Waals surface area contributed by atoms with E-state index < -0.39 is 0 Å². The Morgan fingerprint density at radius 2 is 1.90 bits per heavy atom. The van der Waals surface area contributed by atoms with Gasteiger partial charge >= 0.3 is 0 Å². The first kappa shape index (κ1) is 20.1. The van der Waals surface area contributed by atoms with Crippen LogP contribution in [0.3, 0.4) is 0 Å². The number of anilines is 1. The minimum Gasteiger partial charge on any atom is -0.334 e. The van der Waals surface area contributed by atoms with Gasteiger partial charge in [-0.3, -0.25) is 4.79 Å². The number of hydrogen-bond donors (Lipinski definition) is 1. The second-order valence-electron chi connectivity index (χ2n) is 6.49. The number of hydrogen-bond acceptors (Lipinski definition) is 6. The lowest BCUT2D eigenvalue weighted by atomic mass is 10.1. The van der Waals surface area contributed by atoms with Gasteiger partial charge < -0.3 is 9.84 Å². The van der Waals surface area contributed by atoms with E-state index >= 15 is 0 Å². The van der Waals surface area contributed by atoms with Crippen molar-refractivity contribution in [2.45, 2.75) is 11.9 Å². The Hall–Kier alpha value is -3.16. The summed E-state index contributed by atoms with van der Waals surface area (Å²) in [6.07, 6.45) is 1.65. The molecule has 2 aromatic heterocycles. The predicted octanol–water partition coefficient (Wildman–Crippen LogP) is 5.49. The summed E-state index contributed by atoms with van der Waals surface area (Å²) >= 11 is 7.38. The van der Waals surface area contributed by atoms with Gasteiger partial charge in [0, 0.05) is 17.3 Å². The number of carbonyl (C=O) groups is 1. The minimum atomic E-state index is -0.167. The van der Waals surface area contributed by atoms with Gasteiger partial charge in [0.05, 0.1) is 21.5 Å². The fourth-order valence-electron chi connectivity index (χ4n) is 2.67. The van der Waals surface area contributed by atoms with Crippen molar-refractivity contribution in [1.29, 1.82) is 0 Å². The predicted molar refractivity (Wildman–Crippen MR) is 119 cm³/mol. The highest BCUT2D eigenvalue weighted by molar-refractivity contribution is 7.99. The van der Waals surface area contributed by atoms with Crippen molar-refractivity contribution < 1.29 is 9.32 Å². The van der Waals surface area contributed by atoms with E-state index in [0.29, 0.717) is 27.5 Å². The van der Waals surface area contributed by atoms with E-state index in [1.807, 2.05) is 49.4 Å². The second-order valence-corrected chi connectivity index (χ2v) is 7.89. The zero-order chi connectivity index (χ0) is 20.9. The fraction of sp³-hybridized carbons (Fsp3) is 0.0909. The van der Waals surface area contributed by atoms with E-state index in [1.54, 1.807) is 24.4 Å². The van der Waals surface area contributed by atoms with Crippen LogP contribution in [0.25, 0.3) is 22.8 Å². The molecule has 6 nitrogen and oxygen atoms in total. The molecule has 1 amide bonds. The number of pyridine rings is 1. The molecule has 0 saturated carbocycles. The highest BCUT2D eigenvalue weighted by atomic mass is 35.5. The molecular formula is C22H17ClN4O2S. The number of benzene rings is 2. The van der Waals surface area contributed by atoms with E-state index in [1.165, 1.54) is 11.8 Å². The Bertz CT molecular complexity index is 1180. The molecule has 0 aliphatic carbocycles. The number of aryl methyl sites for hydroxylation is 1. The van der Waals surface area contributed by atoms with Gasteiger partial charge in [0.15, 0.2) is 0 Å². The van der Waals surface area contributed by atoms with Crippen LogP contribution >= 0.6 is 23.4 Å². The van der Waals surface area contributed by atoms with E-state index in [2.05, 4.69) is 20.4 Å². The number of aromatic nitrogens is 3. The lowest BCUT2D eigenvalue weighted by molar-refractivity contribution is -0.113. The first-order valence-electron chi connectivity index (χ1n) is 9.13. The average Bonchev–Trinajstić information content (AvgIpc) is 3.25. The normalized spacial score (nSPS) is 10.7. The molecule has 0 saturated heterocycles. The number of para-hydroxylation sites is 1. The van der Waals surface area contributed by atoms with E-state index in [-0.39, 0.29) is 11.7 Å². The molecule has 4 aromatic rings. The molecule has 150 valence electrons. The van der Waals surface area contributed by atoms with Crippen molar-refractivity contribution in [2.24, 2.45) is 0 Å². The topological polar surface area (TPSA) is 80.9 Å². The number of thioether (sulfide) groups is 1. The number of nitrogens with zero attached hydrogens (tertiary/aromatic N) is 3. The summed E-state index contributed by atoms with van der Waals surface area (Å²) in [4.78, 5) is 21.0. The first-order chi connectivity index (χ1) is 14.6. The third-order valence-electron chi connectivity index (χ3n) is 4.22. The molecule has 2 aromatic carbocycles. The lowest BCUT2D eigenvalue weighted by Crippen LogP contribution is -2.14. The smallest absolute Gasteiger partial charge is 0.258 e. The summed E-state index contributed by atoms with van der Waals surface area (Å²) < 4.78 is 5.42. The zero-order valence-corrected chi connectivity index (χ0v) is 17.6. The Balaban J connectivity index is 1.42. The van der Waals surface area contributed by atoms with Crippen LogP contribution in [0.1, 0.15) is 5.56 Å². The molecular weight excluding hydrogens is 420 g/mol. The SMILES string of the molecule is Cc1ccc(-c2noc(-c3ccnc(SCC(=O)Nc4ccccc4Cl)c3)n2)cc1. The molecule has 0 radical (unpaired) electrons. The van der Waals surface area contributed by atoms with Gasteiger partial charge in [-0.1, -0.05) is 70.5 Å². The largest absolute Gasteiger partial charge is 0.334 e. The van der Waals surface area contributed by atoms with Gasteiger partial charge in [-0.25, -0.2) is 4.98 Å². The molecule has 2 heterocycles. The molecule has 0 spiro atoms. The molecule has 30 heavy (non-hydrogen) atoms. The maximum atomic E-state index is 12.2. The average molecular weight is 437 g/mol. The monoisotopic (exact) mass is 436 g/mol. The number of nitrogens with one attached hydrogen (secondary N) is 1. The summed E-state index contributed by atoms with van der Waals surface area (Å²) in [6.45, 7) is 2.02.